The smallest absolute Gasteiger partial charge is 0.133 e. The predicted octanol–water partition coefficient (Wildman–Crippen LogP) is 2.96. The van der Waals surface area contributed by atoms with Gasteiger partial charge in [0.2, 0.25) is 0 Å². The van der Waals surface area contributed by atoms with Crippen molar-refractivity contribution in [3.8, 4) is 0 Å². The molecule has 92 valence electrons. The molecule has 1 N–H and O–H groups in total. The van der Waals surface area contributed by atoms with E-state index in [4.69, 9.17) is 0 Å². The van der Waals surface area contributed by atoms with Gasteiger partial charge < -0.3 is 5.32 Å². The summed E-state index contributed by atoms with van der Waals surface area (Å²) in [6, 6.07) is 0.669. The summed E-state index contributed by atoms with van der Waals surface area (Å²) >= 11 is 0. The molecule has 0 amide bonds. The van der Waals surface area contributed by atoms with Crippen molar-refractivity contribution in [2.45, 2.75) is 57.9 Å². The van der Waals surface area contributed by atoms with Crippen LogP contribution in [-0.4, -0.2) is 16.0 Å². The van der Waals surface area contributed by atoms with E-state index in [1.165, 1.54) is 43.4 Å². The van der Waals surface area contributed by atoms with E-state index < -0.39 is 0 Å². The predicted molar refractivity (Wildman–Crippen MR) is 69.1 cm³/mol. The van der Waals surface area contributed by atoms with Crippen LogP contribution in [0.5, 0.6) is 0 Å². The van der Waals surface area contributed by atoms with Gasteiger partial charge in [-0.3, -0.25) is 0 Å². The van der Waals surface area contributed by atoms with Crippen LogP contribution in [0.2, 0.25) is 0 Å². The molecule has 0 bridgehead atoms. The monoisotopic (exact) mass is 231 g/mol. The molecule has 1 aromatic rings. The summed E-state index contributed by atoms with van der Waals surface area (Å²) in [5.74, 6) is 1.99. The number of nitrogens with one attached hydrogen (secondary N) is 1. The Hall–Kier alpha value is -1.12. The van der Waals surface area contributed by atoms with Crippen LogP contribution in [0, 0.1) is 5.92 Å². The first kappa shape index (κ1) is 11.0. The first-order valence-electron chi connectivity index (χ1n) is 6.97. The van der Waals surface area contributed by atoms with Crippen LogP contribution in [0.4, 0.5) is 5.82 Å². The summed E-state index contributed by atoms with van der Waals surface area (Å²) in [6.45, 7) is 2.27. The number of anilines is 1. The quantitative estimate of drug-likeness (QED) is 0.813. The van der Waals surface area contributed by atoms with Crippen molar-refractivity contribution in [2.24, 2.45) is 5.92 Å². The van der Waals surface area contributed by atoms with E-state index in [9.17, 15) is 0 Å². The molecule has 1 fully saturated rings. The number of nitrogens with zero attached hydrogens (tertiary/aromatic N) is 2. The van der Waals surface area contributed by atoms with Gasteiger partial charge in [0.1, 0.15) is 12.1 Å². The zero-order chi connectivity index (χ0) is 11.7. The Morgan fingerprint density at radius 3 is 2.94 bits per heavy atom. The molecule has 1 heterocycles. The van der Waals surface area contributed by atoms with E-state index >= 15 is 0 Å². The van der Waals surface area contributed by atoms with Gasteiger partial charge >= 0.3 is 0 Å². The minimum Gasteiger partial charge on any atom is -0.367 e. The summed E-state index contributed by atoms with van der Waals surface area (Å²) in [6.07, 6.45) is 10.5. The minimum atomic E-state index is 0.669. The highest BCUT2D eigenvalue weighted by Crippen LogP contribution is 2.37. The minimum absolute atomic E-state index is 0.669. The molecule has 2 aliphatic carbocycles. The molecular formula is C14H21N3. The summed E-state index contributed by atoms with van der Waals surface area (Å²) in [7, 11) is 0. The summed E-state index contributed by atoms with van der Waals surface area (Å²) in [5.41, 5.74) is 2.68. The molecule has 0 aliphatic heterocycles. The Kier molecular flexibility index (Phi) is 3.00. The van der Waals surface area contributed by atoms with Gasteiger partial charge in [-0.05, 0) is 38.0 Å². The lowest BCUT2D eigenvalue weighted by Gasteiger charge is -2.12. The fourth-order valence-electron chi connectivity index (χ4n) is 2.87. The Labute approximate surface area is 103 Å². The highest BCUT2D eigenvalue weighted by Gasteiger charge is 2.36. The van der Waals surface area contributed by atoms with Crippen LogP contribution in [-0.2, 0) is 12.8 Å². The molecule has 2 unspecified atom stereocenters. The maximum atomic E-state index is 4.46. The van der Waals surface area contributed by atoms with Crippen molar-refractivity contribution >= 4 is 5.82 Å². The first-order chi connectivity index (χ1) is 8.38. The molecule has 17 heavy (non-hydrogen) atoms. The molecule has 1 saturated carbocycles. The maximum absolute atomic E-state index is 4.46. The molecule has 3 nitrogen and oxygen atoms in total. The van der Waals surface area contributed by atoms with Crippen molar-refractivity contribution < 1.29 is 0 Å². The topological polar surface area (TPSA) is 37.8 Å². The second-order valence-electron chi connectivity index (χ2n) is 5.36. The number of hydrogen-bond donors (Lipinski definition) is 1. The zero-order valence-electron chi connectivity index (χ0n) is 10.6. The van der Waals surface area contributed by atoms with Crippen LogP contribution in [0.1, 0.15) is 50.3 Å². The van der Waals surface area contributed by atoms with Gasteiger partial charge in [-0.15, -0.1) is 0 Å². The van der Waals surface area contributed by atoms with Gasteiger partial charge in [-0.25, -0.2) is 9.97 Å². The SMILES string of the molecule is CCC1CC1Nc1ncnc2c1CCCCC2. The zero-order valence-corrected chi connectivity index (χ0v) is 10.6. The standard InChI is InChI=1S/C14H21N3/c1-2-10-8-13(10)17-14-11-6-4-3-5-7-12(11)15-9-16-14/h9-10,13H,2-8H2,1H3,(H,15,16,17). The van der Waals surface area contributed by atoms with E-state index in [1.54, 1.807) is 6.33 Å². The molecule has 3 heteroatoms. The lowest BCUT2D eigenvalue weighted by atomic mass is 10.1. The number of aryl methyl sites for hydroxylation is 1. The fourth-order valence-corrected chi connectivity index (χ4v) is 2.87. The highest BCUT2D eigenvalue weighted by molar-refractivity contribution is 5.48. The van der Waals surface area contributed by atoms with Crippen molar-refractivity contribution in [1.29, 1.82) is 0 Å². The summed E-state index contributed by atoms with van der Waals surface area (Å²) in [5, 5.41) is 3.62. The first-order valence-corrected chi connectivity index (χ1v) is 6.97. The summed E-state index contributed by atoms with van der Waals surface area (Å²) < 4.78 is 0. The van der Waals surface area contributed by atoms with E-state index in [0.717, 1.165) is 24.6 Å². The van der Waals surface area contributed by atoms with Crippen molar-refractivity contribution in [3.05, 3.63) is 17.6 Å². The van der Waals surface area contributed by atoms with Gasteiger partial charge in [0.15, 0.2) is 0 Å². The molecular weight excluding hydrogens is 210 g/mol. The molecule has 0 spiro atoms. The van der Waals surface area contributed by atoms with Crippen LogP contribution in [0.25, 0.3) is 0 Å². The molecule has 1 aromatic heterocycles. The highest BCUT2D eigenvalue weighted by atomic mass is 15.1. The molecule has 0 saturated heterocycles. The summed E-state index contributed by atoms with van der Waals surface area (Å²) in [4.78, 5) is 8.92. The van der Waals surface area contributed by atoms with Crippen LogP contribution < -0.4 is 5.32 Å². The number of rotatable bonds is 3. The molecule has 3 rings (SSSR count). The van der Waals surface area contributed by atoms with E-state index in [1.807, 2.05) is 0 Å². The van der Waals surface area contributed by atoms with Gasteiger partial charge in [0, 0.05) is 17.3 Å². The Morgan fingerprint density at radius 2 is 2.12 bits per heavy atom. The lowest BCUT2D eigenvalue weighted by molar-refractivity contribution is 0.708. The third-order valence-electron chi connectivity index (χ3n) is 4.14. The fraction of sp³-hybridized carbons (Fsp3) is 0.714. The van der Waals surface area contributed by atoms with Gasteiger partial charge in [0.25, 0.3) is 0 Å². The van der Waals surface area contributed by atoms with Gasteiger partial charge in [0.05, 0.1) is 0 Å². The second kappa shape index (κ2) is 4.63. The number of aromatic nitrogens is 2. The average Bonchev–Trinajstić information content (AvgIpc) is 3.11. The third-order valence-corrected chi connectivity index (χ3v) is 4.14. The average molecular weight is 231 g/mol. The third kappa shape index (κ3) is 2.28. The largest absolute Gasteiger partial charge is 0.367 e. The Morgan fingerprint density at radius 1 is 1.24 bits per heavy atom. The van der Waals surface area contributed by atoms with E-state index in [2.05, 4.69) is 22.2 Å². The number of fused-ring (bicyclic) bond motifs is 1. The lowest BCUT2D eigenvalue weighted by Crippen LogP contribution is -2.11. The molecule has 2 aliphatic rings. The Bertz CT molecular complexity index is 402. The van der Waals surface area contributed by atoms with Crippen molar-refractivity contribution in [2.75, 3.05) is 5.32 Å². The van der Waals surface area contributed by atoms with E-state index in [-0.39, 0.29) is 0 Å². The van der Waals surface area contributed by atoms with Crippen molar-refractivity contribution in [1.82, 2.24) is 9.97 Å². The van der Waals surface area contributed by atoms with Gasteiger partial charge in [-0.1, -0.05) is 19.8 Å². The van der Waals surface area contributed by atoms with Gasteiger partial charge in [-0.2, -0.15) is 0 Å². The second-order valence-corrected chi connectivity index (χ2v) is 5.36. The molecule has 0 radical (unpaired) electrons. The van der Waals surface area contributed by atoms with E-state index in [0.29, 0.717) is 6.04 Å². The van der Waals surface area contributed by atoms with Crippen LogP contribution in [0.3, 0.4) is 0 Å². The maximum Gasteiger partial charge on any atom is 0.133 e. The number of hydrogen-bond acceptors (Lipinski definition) is 3. The van der Waals surface area contributed by atoms with Crippen LogP contribution in [0.15, 0.2) is 6.33 Å². The Balaban J connectivity index is 1.79. The van der Waals surface area contributed by atoms with Crippen LogP contribution >= 0.6 is 0 Å². The van der Waals surface area contributed by atoms with Crippen molar-refractivity contribution in [3.63, 3.8) is 0 Å². The molecule has 2 atom stereocenters. The molecule has 0 aromatic carbocycles. The normalized spacial score (nSPS) is 27.1.